The fourth-order valence-corrected chi connectivity index (χ4v) is 1.70. The number of carboxylic acids is 1. The first kappa shape index (κ1) is 11.6. The van der Waals surface area contributed by atoms with Crippen molar-refractivity contribution >= 4 is 17.7 Å². The molecule has 0 spiro atoms. The number of aromatic nitrogens is 6. The van der Waals surface area contributed by atoms with Gasteiger partial charge < -0.3 is 5.11 Å². The molecule has 2 heterocycles. The zero-order valence-corrected chi connectivity index (χ0v) is 9.76. The van der Waals surface area contributed by atoms with Crippen molar-refractivity contribution in [3.8, 4) is 0 Å². The normalized spacial score (nSPS) is 12.5. The van der Waals surface area contributed by atoms with Crippen LogP contribution >= 0.6 is 11.8 Å². The van der Waals surface area contributed by atoms with Crippen LogP contribution in [0.15, 0.2) is 17.8 Å². The Kier molecular flexibility index (Phi) is 3.38. The molecule has 1 unspecified atom stereocenters. The van der Waals surface area contributed by atoms with Crippen LogP contribution in [0.25, 0.3) is 0 Å². The maximum absolute atomic E-state index is 10.4. The van der Waals surface area contributed by atoms with Gasteiger partial charge in [0.05, 0.1) is 5.75 Å². The molecule has 17 heavy (non-hydrogen) atoms. The molecule has 0 radical (unpaired) electrons. The topological polar surface area (TPSA) is 110 Å². The van der Waals surface area contributed by atoms with Crippen molar-refractivity contribution in [1.29, 1.82) is 0 Å². The molecule has 0 fully saturated rings. The lowest BCUT2D eigenvalue weighted by molar-refractivity contribution is -0.133. The van der Waals surface area contributed by atoms with Crippen molar-refractivity contribution in [2.75, 3.05) is 5.75 Å². The lowest BCUT2D eigenvalue weighted by Crippen LogP contribution is -2.08. The number of H-pyrrole nitrogens is 1. The molecule has 0 saturated heterocycles. The SMILES string of the molecule is CC(c1nc(SCC(=O)O)n[nH]1)n1cncn1. The third-order valence-corrected chi connectivity index (χ3v) is 2.87. The van der Waals surface area contributed by atoms with Crippen molar-refractivity contribution in [1.82, 2.24) is 29.9 Å². The molecule has 0 bridgehead atoms. The molecule has 0 aliphatic rings. The van der Waals surface area contributed by atoms with Gasteiger partial charge in [-0.2, -0.15) is 5.10 Å². The quantitative estimate of drug-likeness (QED) is 0.732. The van der Waals surface area contributed by atoms with Gasteiger partial charge in [0.2, 0.25) is 5.16 Å². The first-order chi connectivity index (χ1) is 8.16. The van der Waals surface area contributed by atoms with Crippen LogP contribution in [0.1, 0.15) is 18.8 Å². The molecule has 0 saturated carbocycles. The minimum Gasteiger partial charge on any atom is -0.481 e. The fraction of sp³-hybridized carbons (Fsp3) is 0.375. The smallest absolute Gasteiger partial charge is 0.313 e. The molecule has 2 aromatic heterocycles. The first-order valence-corrected chi connectivity index (χ1v) is 5.76. The van der Waals surface area contributed by atoms with E-state index >= 15 is 0 Å². The van der Waals surface area contributed by atoms with Crippen LogP contribution in [-0.2, 0) is 4.79 Å². The van der Waals surface area contributed by atoms with E-state index in [4.69, 9.17) is 5.11 Å². The van der Waals surface area contributed by atoms with Gasteiger partial charge in [0.15, 0.2) is 0 Å². The average Bonchev–Trinajstić information content (AvgIpc) is 2.97. The van der Waals surface area contributed by atoms with E-state index in [0.29, 0.717) is 11.0 Å². The van der Waals surface area contributed by atoms with Gasteiger partial charge in [0.1, 0.15) is 24.5 Å². The van der Waals surface area contributed by atoms with Crippen LogP contribution in [0.4, 0.5) is 0 Å². The monoisotopic (exact) mass is 254 g/mol. The summed E-state index contributed by atoms with van der Waals surface area (Å²) in [4.78, 5) is 18.4. The molecule has 0 aliphatic heterocycles. The summed E-state index contributed by atoms with van der Waals surface area (Å²) in [5.74, 6) is -0.344. The summed E-state index contributed by atoms with van der Waals surface area (Å²) in [5, 5.41) is 19.6. The number of rotatable bonds is 5. The minimum atomic E-state index is -0.898. The van der Waals surface area contributed by atoms with Gasteiger partial charge in [0.25, 0.3) is 0 Å². The summed E-state index contributed by atoms with van der Waals surface area (Å²) >= 11 is 1.07. The predicted molar refractivity (Wildman–Crippen MR) is 58.6 cm³/mol. The van der Waals surface area contributed by atoms with Crippen LogP contribution in [0.3, 0.4) is 0 Å². The molecule has 8 nitrogen and oxygen atoms in total. The molecule has 0 aromatic carbocycles. The fourth-order valence-electron chi connectivity index (χ4n) is 1.18. The zero-order chi connectivity index (χ0) is 12.3. The highest BCUT2D eigenvalue weighted by atomic mass is 32.2. The van der Waals surface area contributed by atoms with Gasteiger partial charge in [-0.15, -0.1) is 5.10 Å². The second kappa shape index (κ2) is 4.95. The van der Waals surface area contributed by atoms with Crippen LogP contribution in [0.2, 0.25) is 0 Å². The maximum Gasteiger partial charge on any atom is 0.313 e. The Morgan fingerprint density at radius 2 is 2.53 bits per heavy atom. The Bertz CT molecular complexity index is 496. The van der Waals surface area contributed by atoms with E-state index in [1.165, 1.54) is 6.33 Å². The molecular weight excluding hydrogens is 244 g/mol. The minimum absolute atomic E-state index is 0.0605. The number of thioether (sulfide) groups is 1. The van der Waals surface area contributed by atoms with Crippen molar-refractivity contribution in [2.24, 2.45) is 0 Å². The molecule has 90 valence electrons. The lowest BCUT2D eigenvalue weighted by Gasteiger charge is -2.06. The van der Waals surface area contributed by atoms with Gasteiger partial charge in [-0.1, -0.05) is 11.8 Å². The number of hydrogen-bond acceptors (Lipinski definition) is 6. The number of nitrogens with zero attached hydrogens (tertiary/aromatic N) is 5. The third kappa shape index (κ3) is 2.81. The average molecular weight is 254 g/mol. The molecule has 0 amide bonds. The number of carbonyl (C=O) groups is 1. The lowest BCUT2D eigenvalue weighted by atomic mass is 10.3. The van der Waals surface area contributed by atoms with Gasteiger partial charge in [-0.25, -0.2) is 14.6 Å². The van der Waals surface area contributed by atoms with E-state index in [9.17, 15) is 4.79 Å². The van der Waals surface area contributed by atoms with Gasteiger partial charge in [-0.05, 0) is 6.92 Å². The second-order valence-electron chi connectivity index (χ2n) is 3.24. The number of carboxylic acid groups (broad SMARTS) is 1. The summed E-state index contributed by atoms with van der Waals surface area (Å²) in [7, 11) is 0. The van der Waals surface area contributed by atoms with E-state index in [2.05, 4.69) is 25.3 Å². The van der Waals surface area contributed by atoms with Gasteiger partial charge in [0, 0.05) is 0 Å². The number of aromatic amines is 1. The highest BCUT2D eigenvalue weighted by Gasteiger charge is 2.14. The van der Waals surface area contributed by atoms with E-state index in [-0.39, 0.29) is 11.8 Å². The van der Waals surface area contributed by atoms with E-state index in [1.54, 1.807) is 11.0 Å². The van der Waals surface area contributed by atoms with Crippen molar-refractivity contribution < 1.29 is 9.90 Å². The Labute approximate surface area is 100 Å². The van der Waals surface area contributed by atoms with Crippen LogP contribution in [0.5, 0.6) is 0 Å². The molecule has 2 aromatic rings. The Morgan fingerprint density at radius 1 is 1.71 bits per heavy atom. The van der Waals surface area contributed by atoms with Crippen molar-refractivity contribution in [3.05, 3.63) is 18.5 Å². The van der Waals surface area contributed by atoms with E-state index in [1.807, 2.05) is 6.92 Å². The maximum atomic E-state index is 10.4. The molecular formula is C8H10N6O2S. The van der Waals surface area contributed by atoms with Crippen LogP contribution < -0.4 is 0 Å². The standard InChI is InChI=1S/C8H10N6O2S/c1-5(14-4-9-3-10-14)7-11-8(13-12-7)17-2-6(15)16/h3-5H,2H2,1H3,(H,15,16)(H,11,12,13). The van der Waals surface area contributed by atoms with E-state index < -0.39 is 5.97 Å². The number of nitrogens with one attached hydrogen (secondary N) is 1. The largest absolute Gasteiger partial charge is 0.481 e. The van der Waals surface area contributed by atoms with Crippen LogP contribution in [0, 0.1) is 0 Å². The van der Waals surface area contributed by atoms with E-state index in [0.717, 1.165) is 11.8 Å². The third-order valence-electron chi connectivity index (χ3n) is 2.04. The molecule has 9 heteroatoms. The van der Waals surface area contributed by atoms with Gasteiger partial charge in [-0.3, -0.25) is 9.89 Å². The van der Waals surface area contributed by atoms with Crippen molar-refractivity contribution in [2.45, 2.75) is 18.1 Å². The summed E-state index contributed by atoms with van der Waals surface area (Å²) < 4.78 is 1.63. The Hall–Kier alpha value is -1.90. The zero-order valence-electron chi connectivity index (χ0n) is 8.94. The Balaban J connectivity index is 2.05. The highest BCUT2D eigenvalue weighted by Crippen LogP contribution is 2.16. The van der Waals surface area contributed by atoms with Crippen LogP contribution in [-0.4, -0.2) is 46.8 Å². The number of hydrogen-bond donors (Lipinski definition) is 2. The Morgan fingerprint density at radius 3 is 3.18 bits per heavy atom. The van der Waals surface area contributed by atoms with Gasteiger partial charge >= 0.3 is 5.97 Å². The first-order valence-electron chi connectivity index (χ1n) is 4.78. The summed E-state index contributed by atoms with van der Waals surface area (Å²) in [6.45, 7) is 1.89. The molecule has 0 aliphatic carbocycles. The summed E-state index contributed by atoms with van der Waals surface area (Å²) in [5.41, 5.74) is 0. The predicted octanol–water partition coefficient (Wildman–Crippen LogP) is 0.182. The summed E-state index contributed by atoms with van der Waals surface area (Å²) in [6, 6.07) is -0.121. The highest BCUT2D eigenvalue weighted by molar-refractivity contribution is 7.99. The second-order valence-corrected chi connectivity index (χ2v) is 4.18. The number of aliphatic carboxylic acids is 1. The molecule has 1 atom stereocenters. The molecule has 2 N–H and O–H groups in total. The molecule has 2 rings (SSSR count). The van der Waals surface area contributed by atoms with Crippen molar-refractivity contribution in [3.63, 3.8) is 0 Å². The summed E-state index contributed by atoms with van der Waals surface area (Å²) in [6.07, 6.45) is 3.02.